The highest BCUT2D eigenvalue weighted by Crippen LogP contribution is 2.34. The first kappa shape index (κ1) is 12.7. The van der Waals surface area contributed by atoms with Crippen LogP contribution in [0.5, 0.6) is 11.5 Å². The summed E-state index contributed by atoms with van der Waals surface area (Å²) in [6.45, 7) is 2.90. The molecule has 2 rings (SSSR count). The predicted octanol–water partition coefficient (Wildman–Crippen LogP) is 0.0981. The Morgan fingerprint density at radius 1 is 1.33 bits per heavy atom. The third kappa shape index (κ3) is 2.25. The Kier molecular flexibility index (Phi) is 3.40. The quantitative estimate of drug-likeness (QED) is 0.442. The first-order chi connectivity index (χ1) is 8.50. The third-order valence-corrected chi connectivity index (χ3v) is 2.88. The Morgan fingerprint density at radius 3 is 2.44 bits per heavy atom. The van der Waals surface area contributed by atoms with Gasteiger partial charge in [0.25, 0.3) is 5.91 Å². The van der Waals surface area contributed by atoms with Crippen molar-refractivity contribution in [3.8, 4) is 11.5 Å². The van der Waals surface area contributed by atoms with Gasteiger partial charge in [0.2, 0.25) is 0 Å². The largest absolute Gasteiger partial charge is 0.486 e. The van der Waals surface area contributed by atoms with Gasteiger partial charge in [0, 0.05) is 7.05 Å². The zero-order valence-electron chi connectivity index (χ0n) is 10.5. The molecule has 1 unspecified atom stereocenters. The fraction of sp³-hybridized carbons (Fsp3) is 0.417. The third-order valence-electron chi connectivity index (χ3n) is 2.88. The Hall–Kier alpha value is -1.79. The van der Waals surface area contributed by atoms with E-state index in [-0.39, 0.29) is 5.91 Å². The Morgan fingerprint density at radius 2 is 1.89 bits per heavy atom. The molecule has 0 fully saturated rings. The van der Waals surface area contributed by atoms with Crippen LogP contribution in [0.1, 0.15) is 17.2 Å². The van der Waals surface area contributed by atoms with Crippen molar-refractivity contribution in [2.45, 2.75) is 13.0 Å². The smallest absolute Gasteiger partial charge is 0.257 e. The van der Waals surface area contributed by atoms with Crippen molar-refractivity contribution in [3.05, 3.63) is 23.3 Å². The Balaban J connectivity index is 2.36. The number of benzene rings is 1. The molecule has 18 heavy (non-hydrogen) atoms. The van der Waals surface area contributed by atoms with Crippen LogP contribution in [-0.2, 0) is 4.79 Å². The van der Waals surface area contributed by atoms with E-state index >= 15 is 0 Å². The SMILES string of the molecule is Cc1cc2c(cc1C(N)C(=O)N(C)N)OCCO2. The van der Waals surface area contributed by atoms with E-state index in [2.05, 4.69) is 0 Å². The zero-order chi connectivity index (χ0) is 13.3. The number of aryl methyl sites for hydroxylation is 1. The lowest BCUT2D eigenvalue weighted by Crippen LogP contribution is -2.40. The minimum Gasteiger partial charge on any atom is -0.486 e. The van der Waals surface area contributed by atoms with Gasteiger partial charge in [0.1, 0.15) is 19.3 Å². The molecule has 0 aliphatic carbocycles. The zero-order valence-corrected chi connectivity index (χ0v) is 10.5. The van der Waals surface area contributed by atoms with Crippen molar-refractivity contribution < 1.29 is 14.3 Å². The summed E-state index contributed by atoms with van der Waals surface area (Å²) in [6, 6.07) is 2.78. The second-order valence-corrected chi connectivity index (χ2v) is 4.28. The topological polar surface area (TPSA) is 90.8 Å². The van der Waals surface area contributed by atoms with Gasteiger partial charge in [0.15, 0.2) is 11.5 Å². The maximum absolute atomic E-state index is 11.8. The first-order valence-corrected chi connectivity index (χ1v) is 5.68. The summed E-state index contributed by atoms with van der Waals surface area (Å²) in [6.07, 6.45) is 0. The van der Waals surface area contributed by atoms with E-state index < -0.39 is 6.04 Å². The van der Waals surface area contributed by atoms with E-state index in [0.717, 1.165) is 10.6 Å². The van der Waals surface area contributed by atoms with Crippen molar-refractivity contribution in [3.63, 3.8) is 0 Å². The van der Waals surface area contributed by atoms with Crippen LogP contribution in [-0.4, -0.2) is 31.2 Å². The summed E-state index contributed by atoms with van der Waals surface area (Å²) in [4.78, 5) is 11.8. The van der Waals surface area contributed by atoms with Gasteiger partial charge in [-0.15, -0.1) is 0 Å². The molecule has 4 N–H and O–H groups in total. The molecule has 0 saturated carbocycles. The van der Waals surface area contributed by atoms with E-state index in [1.54, 1.807) is 6.07 Å². The van der Waals surface area contributed by atoms with Gasteiger partial charge in [-0.2, -0.15) is 0 Å². The number of nitrogens with zero attached hydrogens (tertiary/aromatic N) is 1. The van der Waals surface area contributed by atoms with Crippen molar-refractivity contribution in [1.29, 1.82) is 0 Å². The number of carbonyl (C=O) groups is 1. The van der Waals surface area contributed by atoms with E-state index in [4.69, 9.17) is 21.1 Å². The summed E-state index contributed by atoms with van der Waals surface area (Å²) < 4.78 is 10.9. The van der Waals surface area contributed by atoms with Gasteiger partial charge < -0.3 is 15.2 Å². The summed E-state index contributed by atoms with van der Waals surface area (Å²) in [5.41, 5.74) is 7.48. The van der Waals surface area contributed by atoms with Crippen molar-refractivity contribution in [2.75, 3.05) is 20.3 Å². The molecule has 0 aromatic heterocycles. The molecule has 6 nitrogen and oxygen atoms in total. The van der Waals surface area contributed by atoms with Crippen LogP contribution in [0.3, 0.4) is 0 Å². The van der Waals surface area contributed by atoms with Crippen LogP contribution >= 0.6 is 0 Å². The van der Waals surface area contributed by atoms with Gasteiger partial charge >= 0.3 is 0 Å². The number of hydrogen-bond acceptors (Lipinski definition) is 5. The van der Waals surface area contributed by atoms with Crippen molar-refractivity contribution in [2.24, 2.45) is 11.6 Å². The summed E-state index contributed by atoms with van der Waals surface area (Å²) in [5, 5.41) is 0.987. The Bertz CT molecular complexity index is 474. The van der Waals surface area contributed by atoms with Crippen LogP contribution < -0.4 is 21.1 Å². The lowest BCUT2D eigenvalue weighted by Gasteiger charge is -2.23. The highest BCUT2D eigenvalue weighted by atomic mass is 16.6. The summed E-state index contributed by atoms with van der Waals surface area (Å²) >= 11 is 0. The van der Waals surface area contributed by atoms with Crippen LogP contribution in [0.15, 0.2) is 12.1 Å². The van der Waals surface area contributed by atoms with Gasteiger partial charge in [-0.25, -0.2) is 5.84 Å². The van der Waals surface area contributed by atoms with Gasteiger partial charge in [-0.3, -0.25) is 9.80 Å². The number of amides is 1. The fourth-order valence-electron chi connectivity index (χ4n) is 1.89. The summed E-state index contributed by atoms with van der Waals surface area (Å²) in [7, 11) is 1.47. The minimum atomic E-state index is -0.796. The molecular weight excluding hydrogens is 234 g/mol. The number of hydrogen-bond donors (Lipinski definition) is 2. The van der Waals surface area contributed by atoms with E-state index in [9.17, 15) is 4.79 Å². The van der Waals surface area contributed by atoms with Gasteiger partial charge in [-0.05, 0) is 30.2 Å². The first-order valence-electron chi connectivity index (χ1n) is 5.68. The van der Waals surface area contributed by atoms with Crippen LogP contribution in [0.25, 0.3) is 0 Å². The van der Waals surface area contributed by atoms with Crippen LogP contribution in [0.2, 0.25) is 0 Å². The van der Waals surface area contributed by atoms with E-state index in [1.165, 1.54) is 7.05 Å². The number of ether oxygens (including phenoxy) is 2. The molecular formula is C12H17N3O3. The number of hydrazine groups is 1. The highest BCUT2D eigenvalue weighted by Gasteiger charge is 2.23. The predicted molar refractivity (Wildman–Crippen MR) is 66.1 cm³/mol. The molecule has 1 atom stereocenters. The lowest BCUT2D eigenvalue weighted by atomic mass is 10.00. The molecule has 0 radical (unpaired) electrons. The monoisotopic (exact) mass is 251 g/mol. The van der Waals surface area contributed by atoms with Crippen molar-refractivity contribution in [1.82, 2.24) is 5.01 Å². The van der Waals surface area contributed by atoms with E-state index in [1.807, 2.05) is 13.0 Å². The second-order valence-electron chi connectivity index (χ2n) is 4.28. The second kappa shape index (κ2) is 4.83. The number of rotatable bonds is 2. The molecule has 6 heteroatoms. The normalized spacial score (nSPS) is 15.1. The van der Waals surface area contributed by atoms with Crippen molar-refractivity contribution >= 4 is 5.91 Å². The molecule has 98 valence electrons. The molecule has 0 bridgehead atoms. The van der Waals surface area contributed by atoms with Crippen LogP contribution in [0, 0.1) is 6.92 Å². The number of carbonyl (C=O) groups excluding carboxylic acids is 1. The van der Waals surface area contributed by atoms with E-state index in [0.29, 0.717) is 30.3 Å². The van der Waals surface area contributed by atoms with Gasteiger partial charge in [0.05, 0.1) is 0 Å². The average molecular weight is 251 g/mol. The Labute approximate surface area is 105 Å². The average Bonchev–Trinajstić information content (AvgIpc) is 2.36. The molecule has 1 amide bonds. The molecule has 1 aliphatic heterocycles. The summed E-state index contributed by atoms with van der Waals surface area (Å²) in [5.74, 6) is 6.36. The molecule has 0 spiro atoms. The molecule has 0 saturated heterocycles. The lowest BCUT2D eigenvalue weighted by molar-refractivity contribution is -0.131. The number of nitrogens with two attached hydrogens (primary N) is 2. The molecule has 1 aromatic carbocycles. The van der Waals surface area contributed by atoms with Crippen LogP contribution in [0.4, 0.5) is 0 Å². The standard InChI is InChI=1S/C12H17N3O3/c1-7-5-9-10(18-4-3-17-9)6-8(7)11(13)12(16)15(2)14/h5-6,11H,3-4,13-14H2,1-2H3. The highest BCUT2D eigenvalue weighted by molar-refractivity contribution is 5.83. The molecule has 1 aliphatic rings. The fourth-order valence-corrected chi connectivity index (χ4v) is 1.89. The maximum Gasteiger partial charge on any atom is 0.257 e. The maximum atomic E-state index is 11.8. The molecule has 1 heterocycles. The minimum absolute atomic E-state index is 0.352. The molecule has 1 aromatic rings. The van der Waals surface area contributed by atoms with Gasteiger partial charge in [-0.1, -0.05) is 0 Å². The number of fused-ring (bicyclic) bond motifs is 1. The number of likely N-dealkylation sites (N-methyl/N-ethyl adjacent to an activating group) is 1.